The van der Waals surface area contributed by atoms with Crippen molar-refractivity contribution in [1.29, 1.82) is 0 Å². The molecule has 3 N–H and O–H groups in total. The standard InChI is InChI=1S/CH4O.Ba.2H2O/c1-2;;;/h2H,1H3;;2*1H2/q;+2;;/p-2. The zero-order valence-corrected chi connectivity index (χ0v) is 7.49. The van der Waals surface area contributed by atoms with Gasteiger partial charge in [0.05, 0.1) is 0 Å². The summed E-state index contributed by atoms with van der Waals surface area (Å²) in [6, 6.07) is 0. The van der Waals surface area contributed by atoms with E-state index in [2.05, 4.69) is 0 Å². The third kappa shape index (κ3) is 30.8. The van der Waals surface area contributed by atoms with Crippen molar-refractivity contribution in [2.45, 2.75) is 0 Å². The van der Waals surface area contributed by atoms with Crippen molar-refractivity contribution < 1.29 is 16.1 Å². The molecule has 0 atom stereocenters. The molecule has 0 fully saturated rings. The molecular weight excluding hydrogens is 197 g/mol. The molecule has 0 heterocycles. The van der Waals surface area contributed by atoms with Crippen LogP contribution in [0.15, 0.2) is 0 Å². The molecule has 0 rings (SSSR count). The summed E-state index contributed by atoms with van der Waals surface area (Å²) in [5.41, 5.74) is 0. The predicted molar refractivity (Wildman–Crippen MR) is 17.8 cm³/mol. The van der Waals surface area contributed by atoms with Crippen molar-refractivity contribution in [1.82, 2.24) is 0 Å². The number of aliphatic hydroxyl groups is 1. The van der Waals surface area contributed by atoms with Crippen LogP contribution in [0, 0.1) is 0 Å². The van der Waals surface area contributed by atoms with Crippen LogP contribution in [-0.4, -0.2) is 72.0 Å². The molecule has 30 valence electrons. The number of rotatable bonds is 0. The van der Waals surface area contributed by atoms with Gasteiger partial charge in [0.25, 0.3) is 0 Å². The number of hydrogen-bond acceptors (Lipinski definition) is 3. The van der Waals surface area contributed by atoms with Gasteiger partial charge in [0.1, 0.15) is 0 Å². The summed E-state index contributed by atoms with van der Waals surface area (Å²) in [5.74, 6) is 0. The van der Waals surface area contributed by atoms with Crippen LogP contribution in [0.2, 0.25) is 0 Å². The first kappa shape index (κ1) is 31.9. The zero-order chi connectivity index (χ0) is 2.00. The molecule has 3 nitrogen and oxygen atoms in total. The maximum atomic E-state index is 7.00. The van der Waals surface area contributed by atoms with Crippen LogP contribution in [0.4, 0.5) is 0 Å². The molecule has 0 unspecified atom stereocenters. The first-order valence-electron chi connectivity index (χ1n) is 0.447. The Kier molecular flexibility index (Phi) is 327. The first-order valence-corrected chi connectivity index (χ1v) is 0.447. The molecular formula is CH6BaO3. The molecule has 5 heavy (non-hydrogen) atoms. The average molecular weight is 203 g/mol. The van der Waals surface area contributed by atoms with Crippen LogP contribution in [-0.2, 0) is 0 Å². The molecule has 0 aromatic heterocycles. The Morgan fingerprint density at radius 2 is 1.00 bits per heavy atom. The Hall–Kier alpha value is 1.45. The molecule has 0 amide bonds. The van der Waals surface area contributed by atoms with E-state index >= 15 is 0 Å². The van der Waals surface area contributed by atoms with Crippen LogP contribution < -0.4 is 0 Å². The van der Waals surface area contributed by atoms with E-state index in [0.717, 1.165) is 7.11 Å². The van der Waals surface area contributed by atoms with Crippen molar-refractivity contribution in [3.63, 3.8) is 0 Å². The second-order valence-electron chi connectivity index (χ2n) is 0. The second kappa shape index (κ2) is 51.3. The van der Waals surface area contributed by atoms with Gasteiger partial charge in [-0.15, -0.1) is 0 Å². The van der Waals surface area contributed by atoms with Crippen LogP contribution >= 0.6 is 0 Å². The van der Waals surface area contributed by atoms with Gasteiger partial charge in [0, 0.05) is 7.11 Å². The van der Waals surface area contributed by atoms with Crippen LogP contribution in [0.25, 0.3) is 0 Å². The third-order valence-electron chi connectivity index (χ3n) is 0. The van der Waals surface area contributed by atoms with Crippen molar-refractivity contribution >= 4 is 48.9 Å². The normalized spacial score (nSPS) is 1.20. The van der Waals surface area contributed by atoms with E-state index in [1.54, 1.807) is 0 Å². The first-order chi connectivity index (χ1) is 1.00. The number of hydrogen-bond donors (Lipinski definition) is 1. The summed E-state index contributed by atoms with van der Waals surface area (Å²) in [4.78, 5) is 0. The SMILES string of the molecule is CO.[Ba+2].[OH-].[OH-]. The van der Waals surface area contributed by atoms with E-state index in [1.807, 2.05) is 0 Å². The molecule has 0 spiro atoms. The summed E-state index contributed by atoms with van der Waals surface area (Å²) >= 11 is 0. The van der Waals surface area contributed by atoms with Crippen molar-refractivity contribution in [3.8, 4) is 0 Å². The Bertz CT molecular complexity index is 6.85. The van der Waals surface area contributed by atoms with Crippen molar-refractivity contribution in [2.24, 2.45) is 0 Å². The fourth-order valence-electron chi connectivity index (χ4n) is 0. The van der Waals surface area contributed by atoms with E-state index in [-0.39, 0.29) is 59.8 Å². The van der Waals surface area contributed by atoms with E-state index in [1.165, 1.54) is 0 Å². The molecule has 0 bridgehead atoms. The molecule has 0 aromatic carbocycles. The molecule has 0 saturated heterocycles. The predicted octanol–water partition coefficient (Wildman–Crippen LogP) is -1.13. The molecule has 0 aromatic rings. The van der Waals surface area contributed by atoms with Gasteiger partial charge in [-0.05, 0) is 0 Å². The summed E-state index contributed by atoms with van der Waals surface area (Å²) < 4.78 is 0. The Balaban J connectivity index is -0.00000000167. The van der Waals surface area contributed by atoms with Crippen molar-refractivity contribution in [3.05, 3.63) is 0 Å². The third-order valence-corrected chi connectivity index (χ3v) is 0. The summed E-state index contributed by atoms with van der Waals surface area (Å²) in [6.45, 7) is 0. The average Bonchev–Trinajstić information content (AvgIpc) is 1.00. The van der Waals surface area contributed by atoms with E-state index in [9.17, 15) is 0 Å². The molecule has 4 heteroatoms. The van der Waals surface area contributed by atoms with Crippen molar-refractivity contribution in [2.75, 3.05) is 7.11 Å². The largest absolute Gasteiger partial charge is 2.00 e. The van der Waals surface area contributed by atoms with Crippen LogP contribution in [0.1, 0.15) is 0 Å². The Morgan fingerprint density at radius 3 is 1.00 bits per heavy atom. The Labute approximate surface area is 71.1 Å². The summed E-state index contributed by atoms with van der Waals surface area (Å²) in [5, 5.41) is 7.00. The minimum absolute atomic E-state index is 0. The maximum absolute atomic E-state index is 7.00. The van der Waals surface area contributed by atoms with E-state index in [4.69, 9.17) is 5.11 Å². The molecule has 0 aliphatic heterocycles. The Morgan fingerprint density at radius 1 is 1.00 bits per heavy atom. The zero-order valence-electron chi connectivity index (χ0n) is 3.05. The van der Waals surface area contributed by atoms with Gasteiger partial charge in [-0.3, -0.25) is 0 Å². The molecule has 0 radical (unpaired) electrons. The van der Waals surface area contributed by atoms with E-state index in [0.29, 0.717) is 0 Å². The second-order valence-corrected chi connectivity index (χ2v) is 0. The topological polar surface area (TPSA) is 80.2 Å². The monoisotopic (exact) mass is 204 g/mol. The quantitative estimate of drug-likeness (QED) is 0.506. The minimum Gasteiger partial charge on any atom is -0.870 e. The van der Waals surface area contributed by atoms with Gasteiger partial charge in [0.2, 0.25) is 0 Å². The van der Waals surface area contributed by atoms with Gasteiger partial charge in [0.15, 0.2) is 0 Å². The van der Waals surface area contributed by atoms with Gasteiger partial charge in [-0.1, -0.05) is 0 Å². The van der Waals surface area contributed by atoms with E-state index < -0.39 is 0 Å². The summed E-state index contributed by atoms with van der Waals surface area (Å²) in [7, 11) is 1.00. The molecule has 0 saturated carbocycles. The summed E-state index contributed by atoms with van der Waals surface area (Å²) in [6.07, 6.45) is 0. The smallest absolute Gasteiger partial charge is 0.870 e. The van der Waals surface area contributed by atoms with Crippen LogP contribution in [0.3, 0.4) is 0 Å². The van der Waals surface area contributed by atoms with Gasteiger partial charge in [-0.2, -0.15) is 0 Å². The number of aliphatic hydroxyl groups excluding tert-OH is 1. The van der Waals surface area contributed by atoms with Gasteiger partial charge < -0.3 is 16.1 Å². The molecule has 0 aliphatic rings. The van der Waals surface area contributed by atoms with Gasteiger partial charge in [-0.25, -0.2) is 0 Å². The van der Waals surface area contributed by atoms with Crippen LogP contribution in [0.5, 0.6) is 0 Å². The fourth-order valence-corrected chi connectivity index (χ4v) is 0. The van der Waals surface area contributed by atoms with Gasteiger partial charge >= 0.3 is 48.9 Å². The fraction of sp³-hybridized carbons (Fsp3) is 1.00. The minimum atomic E-state index is 0. The molecule has 0 aliphatic carbocycles. The maximum Gasteiger partial charge on any atom is 2.00 e.